The third-order valence-corrected chi connectivity index (χ3v) is 15.3. The van der Waals surface area contributed by atoms with Crippen LogP contribution in [-0.2, 0) is 13.3 Å². The molecule has 0 amide bonds. The molecule has 1 aliphatic rings. The Morgan fingerprint density at radius 1 is 0.909 bits per heavy atom. The van der Waals surface area contributed by atoms with Crippen molar-refractivity contribution >= 4 is 16.9 Å². The van der Waals surface area contributed by atoms with Crippen molar-refractivity contribution in [1.29, 1.82) is 0 Å². The zero-order chi connectivity index (χ0) is 8.54. The van der Waals surface area contributed by atoms with E-state index in [2.05, 4.69) is 6.55 Å². The number of hydrogen-bond donors (Lipinski definition) is 0. The maximum Gasteiger partial charge on any atom is 0.336 e. The van der Waals surface area contributed by atoms with E-state index in [4.69, 9.17) is 13.3 Å². The topological polar surface area (TPSA) is 27.7 Å². The molecule has 1 heterocycles. The number of hydrogen-bond acceptors (Lipinski definition) is 3. The summed E-state index contributed by atoms with van der Waals surface area (Å²) in [5.74, 6) is 0. The van der Waals surface area contributed by atoms with Gasteiger partial charge in [0.1, 0.15) is 0 Å². The Balaban J connectivity index is 2.47. The molecule has 1 saturated heterocycles. The van der Waals surface area contributed by atoms with Crippen LogP contribution < -0.4 is 0 Å². The molecule has 0 bridgehead atoms. The van der Waals surface area contributed by atoms with Crippen LogP contribution in [0.2, 0.25) is 17.9 Å². The van der Waals surface area contributed by atoms with Crippen molar-refractivity contribution in [3.8, 4) is 0 Å². The molecule has 1 aliphatic heterocycles. The van der Waals surface area contributed by atoms with E-state index < -0.39 is 16.9 Å². The molecule has 0 aromatic rings. The second-order valence-corrected chi connectivity index (χ2v) is 12.1. The lowest BCUT2D eigenvalue weighted by Gasteiger charge is -2.46. The summed E-state index contributed by atoms with van der Waals surface area (Å²) in [5, 5.41) is 0. The van der Waals surface area contributed by atoms with Crippen LogP contribution in [0.3, 0.4) is 0 Å². The van der Waals surface area contributed by atoms with E-state index in [1.807, 2.05) is 0 Å². The average Bonchev–Trinajstić information content (AvgIpc) is 1.98. The first-order valence-electron chi connectivity index (χ1n) is 3.75. The molecule has 1 fully saturated rings. The molecule has 0 aromatic carbocycles. The van der Waals surface area contributed by atoms with Gasteiger partial charge in [-0.05, 0) is 6.55 Å². The average molecular weight is 192 g/mol. The fraction of sp³-hybridized carbons (Fsp3) is 1.00. The van der Waals surface area contributed by atoms with Crippen molar-refractivity contribution in [2.45, 2.75) is 17.9 Å². The van der Waals surface area contributed by atoms with Gasteiger partial charge in [-0.1, -0.05) is 0 Å². The fourth-order valence-corrected chi connectivity index (χ4v) is 13.9. The second-order valence-electron chi connectivity index (χ2n) is 3.33. The molecule has 5 heteroatoms. The third kappa shape index (κ3) is 1.57. The normalized spacial score (nSPS) is 26.2. The summed E-state index contributed by atoms with van der Waals surface area (Å²) in [6.07, 6.45) is 0. The number of rotatable bonds is 3. The van der Waals surface area contributed by atoms with E-state index in [1.54, 1.807) is 21.3 Å². The molecule has 0 aliphatic carbocycles. The van der Waals surface area contributed by atoms with E-state index in [-0.39, 0.29) is 0 Å². The van der Waals surface area contributed by atoms with Gasteiger partial charge < -0.3 is 13.3 Å². The summed E-state index contributed by atoms with van der Waals surface area (Å²) >= 11 is 0. The van der Waals surface area contributed by atoms with Crippen molar-refractivity contribution in [2.24, 2.45) is 0 Å². The molecule has 0 aromatic heterocycles. The summed E-state index contributed by atoms with van der Waals surface area (Å²) in [5.41, 5.74) is 2.17. The van der Waals surface area contributed by atoms with Gasteiger partial charge in [0.15, 0.2) is 8.32 Å². The smallest absolute Gasteiger partial charge is 0.336 e. The largest absolute Gasteiger partial charge is 0.420 e. The lowest BCUT2D eigenvalue weighted by Crippen LogP contribution is -2.65. The lowest BCUT2D eigenvalue weighted by atomic mass is 11.7. The summed E-state index contributed by atoms with van der Waals surface area (Å²) in [4.78, 5) is 0. The first kappa shape index (κ1) is 9.40. The first-order valence-corrected chi connectivity index (χ1v) is 8.80. The monoisotopic (exact) mass is 192 g/mol. The van der Waals surface area contributed by atoms with Crippen molar-refractivity contribution in [3.05, 3.63) is 0 Å². The molecule has 0 atom stereocenters. The van der Waals surface area contributed by atoms with Crippen molar-refractivity contribution < 1.29 is 13.3 Å². The minimum absolute atomic E-state index is 1.09. The van der Waals surface area contributed by atoms with E-state index in [0.29, 0.717) is 0 Å². The van der Waals surface area contributed by atoms with Gasteiger partial charge in [0.2, 0.25) is 0 Å². The van der Waals surface area contributed by atoms with Crippen LogP contribution in [0.15, 0.2) is 0 Å². The van der Waals surface area contributed by atoms with Crippen LogP contribution in [0.5, 0.6) is 0 Å². The Morgan fingerprint density at radius 3 is 1.64 bits per heavy atom. The quantitative estimate of drug-likeness (QED) is 0.625. The predicted octanol–water partition coefficient (Wildman–Crippen LogP) is 1.04. The minimum Gasteiger partial charge on any atom is -0.420 e. The maximum absolute atomic E-state index is 5.45. The zero-order valence-corrected chi connectivity index (χ0v) is 9.64. The molecule has 1 rings (SSSR count). The summed E-state index contributed by atoms with van der Waals surface area (Å²) < 4.78 is 16.2. The fourth-order valence-electron chi connectivity index (χ4n) is 1.60. The third-order valence-electron chi connectivity index (χ3n) is 2.52. The minimum atomic E-state index is -1.71. The molecule has 0 N–H and O–H groups in total. The van der Waals surface area contributed by atoms with Crippen molar-refractivity contribution in [2.75, 3.05) is 21.3 Å². The Hall–Kier alpha value is 0.314. The predicted molar refractivity (Wildman–Crippen MR) is 48.0 cm³/mol. The molecule has 0 unspecified atom stereocenters. The van der Waals surface area contributed by atoms with Gasteiger partial charge in [0.25, 0.3) is 0 Å². The van der Waals surface area contributed by atoms with Crippen LogP contribution in [-0.4, -0.2) is 38.2 Å². The highest BCUT2D eigenvalue weighted by molar-refractivity contribution is 7.05. The molecule has 0 radical (unpaired) electrons. The summed E-state index contributed by atoms with van der Waals surface area (Å²) in [6, 6.07) is 0. The van der Waals surface area contributed by atoms with E-state index >= 15 is 0 Å². The molecule has 11 heavy (non-hydrogen) atoms. The van der Waals surface area contributed by atoms with Gasteiger partial charge in [-0.25, -0.2) is 0 Å². The van der Waals surface area contributed by atoms with Crippen molar-refractivity contribution in [3.63, 3.8) is 0 Å². The van der Waals surface area contributed by atoms with Crippen molar-refractivity contribution in [1.82, 2.24) is 0 Å². The zero-order valence-electron chi connectivity index (χ0n) is 7.64. The molecule has 3 nitrogen and oxygen atoms in total. The van der Waals surface area contributed by atoms with Gasteiger partial charge >= 0.3 is 8.56 Å². The SMILES string of the molecule is CO[Si]1(C)C[Si](OC)(OC)C1. The van der Waals surface area contributed by atoms with Gasteiger partial charge in [-0.15, -0.1) is 0 Å². The van der Waals surface area contributed by atoms with Gasteiger partial charge in [-0.2, -0.15) is 0 Å². The van der Waals surface area contributed by atoms with Gasteiger partial charge in [0.05, 0.1) is 0 Å². The lowest BCUT2D eigenvalue weighted by molar-refractivity contribution is 0.234. The Bertz CT molecular complexity index is 139. The molecule has 0 saturated carbocycles. The first-order chi connectivity index (χ1) is 5.10. The van der Waals surface area contributed by atoms with Gasteiger partial charge in [0, 0.05) is 32.7 Å². The van der Waals surface area contributed by atoms with E-state index in [0.717, 1.165) is 11.3 Å². The van der Waals surface area contributed by atoms with Gasteiger partial charge in [-0.3, -0.25) is 0 Å². The Kier molecular flexibility index (Phi) is 2.55. The summed E-state index contributed by atoms with van der Waals surface area (Å²) in [6.45, 7) is 2.23. The maximum atomic E-state index is 5.45. The van der Waals surface area contributed by atoms with Crippen LogP contribution >= 0.6 is 0 Å². The van der Waals surface area contributed by atoms with Crippen LogP contribution in [0.4, 0.5) is 0 Å². The van der Waals surface area contributed by atoms with E-state index in [1.165, 1.54) is 0 Å². The highest BCUT2D eigenvalue weighted by Gasteiger charge is 2.59. The summed E-state index contributed by atoms with van der Waals surface area (Å²) in [7, 11) is 2.25. The van der Waals surface area contributed by atoms with Crippen LogP contribution in [0.1, 0.15) is 0 Å². The van der Waals surface area contributed by atoms with Crippen LogP contribution in [0, 0.1) is 0 Å². The Morgan fingerprint density at radius 2 is 1.36 bits per heavy atom. The molecule has 66 valence electrons. The second kappa shape index (κ2) is 2.98. The molecular weight excluding hydrogens is 176 g/mol. The Labute approximate surface area is 70.0 Å². The molecule has 0 spiro atoms. The highest BCUT2D eigenvalue weighted by Crippen LogP contribution is 2.40. The van der Waals surface area contributed by atoms with Crippen LogP contribution in [0.25, 0.3) is 0 Å². The molecular formula is C6H16O3Si2. The highest BCUT2D eigenvalue weighted by atomic mass is 28.5. The standard InChI is InChI=1S/C6H16O3Si2/c1-7-10(4)5-11(6-10,8-2)9-3/h5-6H2,1-4H3. The van der Waals surface area contributed by atoms with E-state index in [9.17, 15) is 0 Å².